The van der Waals surface area contributed by atoms with E-state index in [9.17, 15) is 9.59 Å². The van der Waals surface area contributed by atoms with E-state index in [0.717, 1.165) is 24.9 Å². The normalized spacial score (nSPS) is 17.1. The Labute approximate surface area is 128 Å². The van der Waals surface area contributed by atoms with Crippen molar-refractivity contribution < 1.29 is 9.59 Å². The lowest BCUT2D eigenvalue weighted by Crippen LogP contribution is -2.23. The predicted octanol–water partition coefficient (Wildman–Crippen LogP) is 4.01. The van der Waals surface area contributed by atoms with Crippen LogP contribution in [0.5, 0.6) is 0 Å². The van der Waals surface area contributed by atoms with Crippen molar-refractivity contribution in [2.45, 2.75) is 32.1 Å². The molecule has 4 heteroatoms. The van der Waals surface area contributed by atoms with Crippen LogP contribution in [0.1, 0.15) is 46.5 Å². The van der Waals surface area contributed by atoms with E-state index in [2.05, 4.69) is 16.8 Å². The number of nitrogens with one attached hydrogen (secondary N) is 1. The number of Topliss-reactive ketones (excluding diaryl/α,β-unsaturated/α-hetero) is 1. The molecular weight excluding hydrogens is 282 g/mol. The highest BCUT2D eigenvalue weighted by atomic mass is 32.1. The summed E-state index contributed by atoms with van der Waals surface area (Å²) in [5, 5.41) is 5.03. The van der Waals surface area contributed by atoms with Crippen LogP contribution in [-0.2, 0) is 11.2 Å². The largest absolute Gasteiger partial charge is 0.326 e. The second-order valence-corrected chi connectivity index (χ2v) is 6.37. The lowest BCUT2D eigenvalue weighted by Gasteiger charge is -2.21. The van der Waals surface area contributed by atoms with Crippen molar-refractivity contribution in [3.63, 3.8) is 0 Å². The van der Waals surface area contributed by atoms with Gasteiger partial charge in [0, 0.05) is 16.1 Å². The summed E-state index contributed by atoms with van der Waals surface area (Å²) in [7, 11) is 0. The molecule has 1 heterocycles. The van der Waals surface area contributed by atoms with Gasteiger partial charge in [-0.25, -0.2) is 0 Å². The van der Waals surface area contributed by atoms with Crippen LogP contribution in [0.4, 0.5) is 5.69 Å². The predicted molar refractivity (Wildman–Crippen MR) is 85.1 cm³/mol. The molecule has 1 aromatic carbocycles. The number of hydrogen-bond acceptors (Lipinski definition) is 3. The van der Waals surface area contributed by atoms with Gasteiger partial charge in [0.05, 0.1) is 5.92 Å². The van der Waals surface area contributed by atoms with Crippen molar-refractivity contribution in [2.75, 3.05) is 5.32 Å². The Morgan fingerprint density at radius 1 is 1.19 bits per heavy atom. The van der Waals surface area contributed by atoms with Gasteiger partial charge in [-0.15, -0.1) is 11.3 Å². The average molecular weight is 299 g/mol. The number of aryl methyl sites for hydroxylation is 1. The zero-order valence-electron chi connectivity index (χ0n) is 11.9. The second kappa shape index (κ2) is 5.82. The summed E-state index contributed by atoms with van der Waals surface area (Å²) in [5.41, 5.74) is 2.59. The van der Waals surface area contributed by atoms with Crippen molar-refractivity contribution in [2.24, 2.45) is 0 Å². The summed E-state index contributed by atoms with van der Waals surface area (Å²) >= 11 is 1.74. The van der Waals surface area contributed by atoms with Gasteiger partial charge in [0.1, 0.15) is 0 Å². The Balaban J connectivity index is 1.74. The third-order valence-electron chi connectivity index (χ3n) is 3.93. The zero-order valence-corrected chi connectivity index (χ0v) is 12.7. The highest BCUT2D eigenvalue weighted by Gasteiger charge is 2.27. The van der Waals surface area contributed by atoms with E-state index < -0.39 is 0 Å². The van der Waals surface area contributed by atoms with Gasteiger partial charge in [0.2, 0.25) is 5.91 Å². The molecule has 0 aliphatic heterocycles. The van der Waals surface area contributed by atoms with Gasteiger partial charge in [-0.05, 0) is 67.5 Å². The highest BCUT2D eigenvalue weighted by molar-refractivity contribution is 7.10. The zero-order chi connectivity index (χ0) is 14.8. The first kappa shape index (κ1) is 14.0. The molecule has 3 nitrogen and oxygen atoms in total. The molecule has 1 aliphatic rings. The summed E-state index contributed by atoms with van der Waals surface area (Å²) < 4.78 is 0. The van der Waals surface area contributed by atoms with Gasteiger partial charge in [-0.2, -0.15) is 0 Å². The van der Waals surface area contributed by atoms with Crippen LogP contribution in [0.2, 0.25) is 0 Å². The number of thiophene rings is 1. The summed E-state index contributed by atoms with van der Waals surface area (Å²) in [6.07, 6.45) is 3.06. The fourth-order valence-electron chi connectivity index (χ4n) is 2.78. The van der Waals surface area contributed by atoms with Gasteiger partial charge >= 0.3 is 0 Å². The maximum atomic E-state index is 12.5. The lowest BCUT2D eigenvalue weighted by atomic mass is 9.87. The third kappa shape index (κ3) is 2.90. The highest BCUT2D eigenvalue weighted by Crippen LogP contribution is 2.35. The summed E-state index contributed by atoms with van der Waals surface area (Å²) in [6, 6.07) is 9.13. The fraction of sp³-hybridized carbons (Fsp3) is 0.294. The molecule has 0 bridgehead atoms. The van der Waals surface area contributed by atoms with E-state index in [1.54, 1.807) is 35.6 Å². The van der Waals surface area contributed by atoms with E-state index in [1.165, 1.54) is 17.4 Å². The number of fused-ring (bicyclic) bond motifs is 1. The minimum Gasteiger partial charge on any atom is -0.326 e. The maximum Gasteiger partial charge on any atom is 0.231 e. The van der Waals surface area contributed by atoms with E-state index in [-0.39, 0.29) is 17.6 Å². The molecule has 2 aromatic rings. The Morgan fingerprint density at radius 3 is 2.67 bits per heavy atom. The molecule has 0 fully saturated rings. The first-order chi connectivity index (χ1) is 10.1. The van der Waals surface area contributed by atoms with Crippen LogP contribution >= 0.6 is 11.3 Å². The van der Waals surface area contributed by atoms with E-state index in [0.29, 0.717) is 5.56 Å². The molecule has 0 radical (unpaired) electrons. The van der Waals surface area contributed by atoms with E-state index >= 15 is 0 Å². The van der Waals surface area contributed by atoms with Gasteiger partial charge in [-0.1, -0.05) is 0 Å². The second-order valence-electron chi connectivity index (χ2n) is 5.37. The monoisotopic (exact) mass is 299 g/mol. The molecule has 1 amide bonds. The first-order valence-corrected chi connectivity index (χ1v) is 8.01. The molecule has 0 spiro atoms. The van der Waals surface area contributed by atoms with Crippen LogP contribution in [0.25, 0.3) is 0 Å². The van der Waals surface area contributed by atoms with Crippen LogP contribution in [-0.4, -0.2) is 11.7 Å². The number of anilines is 1. The van der Waals surface area contributed by atoms with Crippen LogP contribution in [0.3, 0.4) is 0 Å². The minimum absolute atomic E-state index is 0.0306. The number of amides is 1. The minimum atomic E-state index is -0.0486. The number of hydrogen-bond donors (Lipinski definition) is 1. The van der Waals surface area contributed by atoms with Gasteiger partial charge < -0.3 is 5.32 Å². The molecule has 108 valence electrons. The van der Waals surface area contributed by atoms with Crippen LogP contribution in [0.15, 0.2) is 35.7 Å². The molecule has 1 aliphatic carbocycles. The quantitative estimate of drug-likeness (QED) is 0.870. The molecule has 0 saturated carbocycles. The van der Waals surface area contributed by atoms with Crippen LogP contribution < -0.4 is 5.32 Å². The van der Waals surface area contributed by atoms with Gasteiger partial charge in [0.25, 0.3) is 0 Å². The Kier molecular flexibility index (Phi) is 3.88. The fourth-order valence-corrected chi connectivity index (χ4v) is 3.76. The number of rotatable bonds is 3. The smallest absolute Gasteiger partial charge is 0.231 e. The maximum absolute atomic E-state index is 12.5. The van der Waals surface area contributed by atoms with Crippen molar-refractivity contribution >= 4 is 28.7 Å². The number of benzene rings is 1. The molecule has 1 N–H and O–H groups in total. The molecule has 1 aromatic heterocycles. The number of carbonyl (C=O) groups excluding carboxylic acids is 2. The SMILES string of the molecule is CC(=O)c1ccc(NC(=O)C2CCCc3sccc32)cc1. The third-order valence-corrected chi connectivity index (χ3v) is 4.92. The van der Waals surface area contributed by atoms with Crippen molar-refractivity contribution in [3.8, 4) is 0 Å². The Morgan fingerprint density at radius 2 is 1.95 bits per heavy atom. The molecule has 3 rings (SSSR count). The van der Waals surface area contributed by atoms with Crippen molar-refractivity contribution in [1.82, 2.24) is 0 Å². The first-order valence-electron chi connectivity index (χ1n) is 7.13. The average Bonchev–Trinajstić information content (AvgIpc) is 2.96. The number of ketones is 1. The van der Waals surface area contributed by atoms with Crippen molar-refractivity contribution in [1.29, 1.82) is 0 Å². The van der Waals surface area contributed by atoms with Crippen LogP contribution in [0, 0.1) is 0 Å². The standard InChI is InChI=1S/C17H17NO2S/c1-11(19)12-5-7-13(8-6-12)18-17(20)15-3-2-4-16-14(15)9-10-21-16/h5-10,15H,2-4H2,1H3,(H,18,20). The lowest BCUT2D eigenvalue weighted by molar-refractivity contribution is -0.117. The Bertz CT molecular complexity index is 672. The summed E-state index contributed by atoms with van der Waals surface area (Å²) in [6.45, 7) is 1.54. The van der Waals surface area contributed by atoms with Gasteiger partial charge in [-0.3, -0.25) is 9.59 Å². The molecule has 1 atom stereocenters. The van der Waals surface area contributed by atoms with Crippen molar-refractivity contribution in [3.05, 3.63) is 51.7 Å². The molecular formula is C17H17NO2S. The number of carbonyl (C=O) groups is 2. The summed E-state index contributed by atoms with van der Waals surface area (Å²) in [5.74, 6) is 0.0282. The molecule has 0 saturated heterocycles. The van der Waals surface area contributed by atoms with E-state index in [1.807, 2.05) is 0 Å². The molecule has 1 unspecified atom stereocenters. The Hall–Kier alpha value is -1.94. The van der Waals surface area contributed by atoms with Gasteiger partial charge in [0.15, 0.2) is 5.78 Å². The van der Waals surface area contributed by atoms with E-state index in [4.69, 9.17) is 0 Å². The summed E-state index contributed by atoms with van der Waals surface area (Å²) in [4.78, 5) is 25.1. The topological polar surface area (TPSA) is 46.2 Å². The molecule has 21 heavy (non-hydrogen) atoms.